The number of ether oxygens (including phenoxy) is 1. The van der Waals surface area contributed by atoms with Gasteiger partial charge in [-0.05, 0) is 73.1 Å². The van der Waals surface area contributed by atoms with E-state index in [9.17, 15) is 0 Å². The summed E-state index contributed by atoms with van der Waals surface area (Å²) in [6.07, 6.45) is 13.7. The Hall–Kier alpha value is -0.860. The normalized spacial score (nSPS) is 25.3. The fourth-order valence-electron chi connectivity index (χ4n) is 2.69. The average Bonchev–Trinajstić information content (AvgIpc) is 3.09. The van der Waals surface area contributed by atoms with Crippen molar-refractivity contribution < 1.29 is 9.84 Å². The Kier molecular flexibility index (Phi) is 8.13. The zero-order valence-corrected chi connectivity index (χ0v) is 15.1. The van der Waals surface area contributed by atoms with Gasteiger partial charge in [0.2, 0.25) is 0 Å². The number of epoxide rings is 1. The number of rotatable bonds is 10. The molecule has 0 aromatic rings. The number of allylic oxidation sites excluding steroid dienone is 6. The van der Waals surface area contributed by atoms with Gasteiger partial charge in [0.1, 0.15) is 6.10 Å². The number of hydrogen-bond donors (Lipinski definition) is 1. The van der Waals surface area contributed by atoms with Gasteiger partial charge in [-0.25, -0.2) is 0 Å². The van der Waals surface area contributed by atoms with Crippen LogP contribution in [0.2, 0.25) is 0 Å². The first-order chi connectivity index (χ1) is 10.4. The van der Waals surface area contributed by atoms with Crippen molar-refractivity contribution in [3.63, 3.8) is 0 Å². The molecule has 1 fully saturated rings. The average molecular weight is 306 g/mol. The van der Waals surface area contributed by atoms with Gasteiger partial charge >= 0.3 is 0 Å². The summed E-state index contributed by atoms with van der Waals surface area (Å²) in [5.74, 6) is 0. The van der Waals surface area contributed by atoms with E-state index in [1.165, 1.54) is 23.1 Å². The Morgan fingerprint density at radius 2 is 1.50 bits per heavy atom. The van der Waals surface area contributed by atoms with Gasteiger partial charge in [-0.3, -0.25) is 0 Å². The van der Waals surface area contributed by atoms with E-state index < -0.39 is 0 Å². The van der Waals surface area contributed by atoms with Crippen molar-refractivity contribution in [3.05, 3.63) is 34.9 Å². The first-order valence-corrected chi connectivity index (χ1v) is 8.60. The summed E-state index contributed by atoms with van der Waals surface area (Å²) in [6, 6.07) is 0. The molecule has 1 heterocycles. The smallest absolute Gasteiger partial charge is 0.110 e. The third-order valence-corrected chi connectivity index (χ3v) is 4.46. The zero-order valence-electron chi connectivity index (χ0n) is 15.1. The second kappa shape index (κ2) is 9.32. The van der Waals surface area contributed by atoms with Crippen LogP contribution >= 0.6 is 0 Å². The van der Waals surface area contributed by atoms with Crippen LogP contribution < -0.4 is 0 Å². The van der Waals surface area contributed by atoms with Gasteiger partial charge in [-0.2, -0.15) is 0 Å². The molecule has 1 aliphatic heterocycles. The van der Waals surface area contributed by atoms with E-state index in [2.05, 4.69) is 52.8 Å². The standard InChI is InChI=1S/C20H34O2/c1-16(2)9-6-10-17(3)11-7-12-18(4)13-8-14-20(5)19(15-21)22-20/h9,11,13,19,21H,6-8,10,12,14-15H2,1-5H3/t19-,20?/m0/s1. The van der Waals surface area contributed by atoms with Gasteiger partial charge in [-0.15, -0.1) is 0 Å². The third-order valence-electron chi connectivity index (χ3n) is 4.46. The Morgan fingerprint density at radius 1 is 0.955 bits per heavy atom. The molecule has 0 aromatic carbocycles. The summed E-state index contributed by atoms with van der Waals surface area (Å²) in [6.45, 7) is 11.0. The van der Waals surface area contributed by atoms with E-state index in [1.807, 2.05) is 0 Å². The molecule has 0 saturated carbocycles. The van der Waals surface area contributed by atoms with Crippen molar-refractivity contribution in [2.24, 2.45) is 0 Å². The summed E-state index contributed by atoms with van der Waals surface area (Å²) in [5, 5.41) is 9.06. The highest BCUT2D eigenvalue weighted by molar-refractivity contribution is 5.06. The molecule has 1 rings (SSSR count). The maximum Gasteiger partial charge on any atom is 0.110 e. The van der Waals surface area contributed by atoms with Crippen LogP contribution in [-0.2, 0) is 4.74 Å². The Morgan fingerprint density at radius 3 is 2.00 bits per heavy atom. The summed E-state index contributed by atoms with van der Waals surface area (Å²) in [7, 11) is 0. The minimum Gasteiger partial charge on any atom is -0.394 e. The first-order valence-electron chi connectivity index (χ1n) is 8.60. The second-order valence-electron chi connectivity index (χ2n) is 7.10. The number of aliphatic hydroxyl groups excluding tert-OH is 1. The van der Waals surface area contributed by atoms with Gasteiger partial charge in [0.25, 0.3) is 0 Å². The lowest BCUT2D eigenvalue weighted by molar-refractivity contribution is 0.235. The van der Waals surface area contributed by atoms with Gasteiger partial charge in [0.15, 0.2) is 0 Å². The molecule has 2 atom stereocenters. The molecular weight excluding hydrogens is 272 g/mol. The quantitative estimate of drug-likeness (QED) is 0.437. The second-order valence-corrected chi connectivity index (χ2v) is 7.10. The van der Waals surface area contributed by atoms with Crippen molar-refractivity contribution in [2.75, 3.05) is 6.61 Å². The highest BCUT2D eigenvalue weighted by Gasteiger charge is 2.50. The lowest BCUT2D eigenvalue weighted by Crippen LogP contribution is -2.11. The molecule has 1 saturated heterocycles. The van der Waals surface area contributed by atoms with E-state index in [-0.39, 0.29) is 18.3 Å². The van der Waals surface area contributed by atoms with Crippen molar-refractivity contribution in [1.82, 2.24) is 0 Å². The molecule has 22 heavy (non-hydrogen) atoms. The van der Waals surface area contributed by atoms with E-state index in [4.69, 9.17) is 9.84 Å². The summed E-state index contributed by atoms with van der Waals surface area (Å²) in [5.41, 5.74) is 4.28. The topological polar surface area (TPSA) is 32.8 Å². The summed E-state index contributed by atoms with van der Waals surface area (Å²) >= 11 is 0. The highest BCUT2D eigenvalue weighted by Crippen LogP contribution is 2.39. The van der Waals surface area contributed by atoms with Crippen LogP contribution in [0.4, 0.5) is 0 Å². The maximum atomic E-state index is 9.06. The van der Waals surface area contributed by atoms with Crippen LogP contribution in [0.1, 0.15) is 73.1 Å². The van der Waals surface area contributed by atoms with Gasteiger partial charge < -0.3 is 9.84 Å². The molecule has 2 nitrogen and oxygen atoms in total. The van der Waals surface area contributed by atoms with Crippen molar-refractivity contribution in [3.8, 4) is 0 Å². The first kappa shape index (κ1) is 19.2. The predicted octanol–water partition coefficient (Wildman–Crippen LogP) is 5.34. The third kappa shape index (κ3) is 7.42. The molecular formula is C20H34O2. The van der Waals surface area contributed by atoms with Crippen LogP contribution in [0.15, 0.2) is 34.9 Å². The van der Waals surface area contributed by atoms with E-state index in [1.54, 1.807) is 0 Å². The largest absolute Gasteiger partial charge is 0.394 e. The SMILES string of the molecule is CC(C)=CCCC(C)=CCCC(C)=CCCC1(C)O[C@H]1CO. The Bertz CT molecular complexity index is 427. The Balaban J connectivity index is 2.18. The fourth-order valence-corrected chi connectivity index (χ4v) is 2.69. The van der Waals surface area contributed by atoms with Crippen LogP contribution in [0.3, 0.4) is 0 Å². The molecule has 126 valence electrons. The molecule has 0 aromatic heterocycles. The fraction of sp³-hybridized carbons (Fsp3) is 0.700. The van der Waals surface area contributed by atoms with Crippen LogP contribution in [0.5, 0.6) is 0 Å². The lowest BCUT2D eigenvalue weighted by atomic mass is 10.00. The van der Waals surface area contributed by atoms with Crippen molar-refractivity contribution >= 4 is 0 Å². The summed E-state index contributed by atoms with van der Waals surface area (Å²) in [4.78, 5) is 0. The minimum absolute atomic E-state index is 0.0626. The molecule has 0 aliphatic carbocycles. The van der Waals surface area contributed by atoms with Gasteiger partial charge in [0.05, 0.1) is 12.2 Å². The molecule has 1 N–H and O–H groups in total. The van der Waals surface area contributed by atoms with Crippen LogP contribution in [0.25, 0.3) is 0 Å². The van der Waals surface area contributed by atoms with Gasteiger partial charge in [-0.1, -0.05) is 34.9 Å². The molecule has 0 amide bonds. The molecule has 1 unspecified atom stereocenters. The predicted molar refractivity (Wildman–Crippen MR) is 95.0 cm³/mol. The maximum absolute atomic E-state index is 9.06. The Labute approximate surface area is 137 Å². The van der Waals surface area contributed by atoms with Crippen LogP contribution in [0, 0.1) is 0 Å². The molecule has 0 spiro atoms. The highest BCUT2D eigenvalue weighted by atomic mass is 16.6. The molecule has 0 radical (unpaired) electrons. The minimum atomic E-state index is -0.0764. The van der Waals surface area contributed by atoms with Crippen molar-refractivity contribution in [2.45, 2.75) is 84.8 Å². The zero-order chi connectivity index (χ0) is 16.6. The lowest BCUT2D eigenvalue weighted by Gasteiger charge is -2.04. The van der Waals surface area contributed by atoms with E-state index >= 15 is 0 Å². The molecule has 2 heteroatoms. The molecule has 1 aliphatic rings. The number of aliphatic hydroxyl groups is 1. The van der Waals surface area contributed by atoms with Crippen LogP contribution in [-0.4, -0.2) is 23.4 Å². The number of hydrogen-bond acceptors (Lipinski definition) is 2. The summed E-state index contributed by atoms with van der Waals surface area (Å²) < 4.78 is 5.51. The van der Waals surface area contributed by atoms with E-state index in [0.717, 1.165) is 32.1 Å². The van der Waals surface area contributed by atoms with Crippen molar-refractivity contribution in [1.29, 1.82) is 0 Å². The van der Waals surface area contributed by atoms with Gasteiger partial charge in [0, 0.05) is 0 Å². The monoisotopic (exact) mass is 306 g/mol. The molecule has 0 bridgehead atoms. The van der Waals surface area contributed by atoms with E-state index in [0.29, 0.717) is 0 Å².